The second-order valence-corrected chi connectivity index (χ2v) is 10.1. The van der Waals surface area contributed by atoms with Gasteiger partial charge in [-0.05, 0) is 42.9 Å². The predicted octanol–water partition coefficient (Wildman–Crippen LogP) is 4.06. The highest BCUT2D eigenvalue weighted by Crippen LogP contribution is 2.40. The standard InChI is InChI=1S/C28H30F3N7O/c1-15(2)33-13-16-10-20(30)25(21(31)11-16)22-12-18-23(14-34-22)35-36-26(18)24-17(28(32)39)4-5-19(29)27(24)38-8-6-37(3)7-9-38/h4-5,10-12,14-15,33H,6-9,13H2,1-3H3,(H2,32,39)(H,35,36). The van der Waals surface area contributed by atoms with Crippen LogP contribution in [-0.4, -0.2) is 65.3 Å². The molecular formula is C28H30F3N7O. The first kappa shape index (κ1) is 26.6. The first-order valence-corrected chi connectivity index (χ1v) is 12.8. The Kier molecular flexibility index (Phi) is 7.28. The number of fused-ring (bicyclic) bond motifs is 1. The van der Waals surface area contributed by atoms with Crippen molar-refractivity contribution in [1.82, 2.24) is 25.4 Å². The van der Waals surface area contributed by atoms with Gasteiger partial charge in [0.1, 0.15) is 23.1 Å². The second-order valence-electron chi connectivity index (χ2n) is 10.1. The number of carbonyl (C=O) groups excluding carboxylic acids is 1. The number of halogens is 3. The summed E-state index contributed by atoms with van der Waals surface area (Å²) in [4.78, 5) is 20.7. The number of anilines is 1. The van der Waals surface area contributed by atoms with E-state index in [0.717, 1.165) is 0 Å². The molecule has 4 N–H and O–H groups in total. The van der Waals surface area contributed by atoms with Crippen molar-refractivity contribution in [1.29, 1.82) is 0 Å². The van der Waals surface area contributed by atoms with E-state index in [1.54, 1.807) is 0 Å². The van der Waals surface area contributed by atoms with Gasteiger partial charge < -0.3 is 20.9 Å². The Balaban J connectivity index is 1.65. The molecule has 5 rings (SSSR count). The van der Waals surface area contributed by atoms with E-state index in [9.17, 15) is 4.79 Å². The fourth-order valence-corrected chi connectivity index (χ4v) is 4.89. The van der Waals surface area contributed by atoms with Crippen molar-refractivity contribution in [2.75, 3.05) is 38.1 Å². The van der Waals surface area contributed by atoms with Crippen molar-refractivity contribution < 1.29 is 18.0 Å². The first-order chi connectivity index (χ1) is 18.6. The third kappa shape index (κ3) is 5.19. The number of nitrogens with two attached hydrogens (primary N) is 1. The topological polar surface area (TPSA) is 103 Å². The summed E-state index contributed by atoms with van der Waals surface area (Å²) < 4.78 is 45.8. The third-order valence-electron chi connectivity index (χ3n) is 6.97. The Labute approximate surface area is 224 Å². The van der Waals surface area contributed by atoms with Gasteiger partial charge in [-0.1, -0.05) is 13.8 Å². The molecule has 0 radical (unpaired) electrons. The lowest BCUT2D eigenvalue weighted by molar-refractivity contribution is 0.100. The van der Waals surface area contributed by atoms with Crippen LogP contribution in [0.3, 0.4) is 0 Å². The number of nitrogens with one attached hydrogen (secondary N) is 2. The number of amides is 1. The quantitative estimate of drug-likeness (QED) is 0.329. The van der Waals surface area contributed by atoms with Gasteiger partial charge in [-0.25, -0.2) is 13.2 Å². The van der Waals surface area contributed by atoms with E-state index in [1.807, 2.05) is 25.8 Å². The lowest BCUT2D eigenvalue weighted by Gasteiger charge is -2.35. The Morgan fingerprint density at radius 1 is 1.05 bits per heavy atom. The molecule has 0 bridgehead atoms. The minimum Gasteiger partial charge on any atom is -0.366 e. The molecule has 4 aromatic rings. The summed E-state index contributed by atoms with van der Waals surface area (Å²) in [5.74, 6) is -2.77. The van der Waals surface area contributed by atoms with Gasteiger partial charge >= 0.3 is 0 Å². The molecule has 0 spiro atoms. The number of aromatic amines is 1. The monoisotopic (exact) mass is 537 g/mol. The van der Waals surface area contributed by atoms with Crippen LogP contribution < -0.4 is 16.0 Å². The number of nitrogens with zero attached hydrogens (tertiary/aromatic N) is 4. The van der Waals surface area contributed by atoms with Gasteiger partial charge in [0, 0.05) is 49.7 Å². The minimum atomic E-state index is -0.755. The number of H-pyrrole nitrogens is 1. The molecule has 1 saturated heterocycles. The van der Waals surface area contributed by atoms with E-state index in [-0.39, 0.29) is 39.8 Å². The molecule has 3 heterocycles. The van der Waals surface area contributed by atoms with Crippen LogP contribution in [0.4, 0.5) is 18.9 Å². The number of rotatable bonds is 7. The van der Waals surface area contributed by atoms with Gasteiger partial charge in [0.05, 0.1) is 34.2 Å². The summed E-state index contributed by atoms with van der Waals surface area (Å²) in [6, 6.07) is 6.75. The van der Waals surface area contributed by atoms with Crippen LogP contribution in [-0.2, 0) is 6.54 Å². The number of hydrogen-bond donors (Lipinski definition) is 3. The van der Waals surface area contributed by atoms with Crippen molar-refractivity contribution in [2.45, 2.75) is 26.4 Å². The molecule has 0 saturated carbocycles. The molecule has 8 nitrogen and oxygen atoms in total. The minimum absolute atomic E-state index is 0.0432. The first-order valence-electron chi connectivity index (χ1n) is 12.8. The highest BCUT2D eigenvalue weighted by Gasteiger charge is 2.28. The van der Waals surface area contributed by atoms with Crippen LogP contribution in [0, 0.1) is 17.5 Å². The van der Waals surface area contributed by atoms with E-state index >= 15 is 13.2 Å². The normalized spacial score (nSPS) is 14.5. The van der Waals surface area contributed by atoms with Crippen molar-refractivity contribution in [3.8, 4) is 22.5 Å². The molecule has 1 aliphatic rings. The van der Waals surface area contributed by atoms with Crippen LogP contribution >= 0.6 is 0 Å². The van der Waals surface area contributed by atoms with E-state index in [1.165, 1.54) is 36.5 Å². The number of carbonyl (C=O) groups is 1. The van der Waals surface area contributed by atoms with E-state index in [2.05, 4.69) is 25.4 Å². The van der Waals surface area contributed by atoms with Crippen molar-refractivity contribution in [3.63, 3.8) is 0 Å². The number of primary amides is 1. The maximum Gasteiger partial charge on any atom is 0.249 e. The van der Waals surface area contributed by atoms with Gasteiger partial charge in [0.2, 0.25) is 5.91 Å². The highest BCUT2D eigenvalue weighted by molar-refractivity contribution is 6.07. The van der Waals surface area contributed by atoms with E-state index in [4.69, 9.17) is 5.73 Å². The second kappa shape index (κ2) is 10.7. The summed E-state index contributed by atoms with van der Waals surface area (Å²) >= 11 is 0. The zero-order valence-corrected chi connectivity index (χ0v) is 22.0. The molecule has 2 aromatic heterocycles. The van der Waals surface area contributed by atoms with E-state index < -0.39 is 23.4 Å². The summed E-state index contributed by atoms with van der Waals surface area (Å²) in [6.07, 6.45) is 1.41. The van der Waals surface area contributed by atoms with Crippen LogP contribution in [0.5, 0.6) is 0 Å². The third-order valence-corrected chi connectivity index (χ3v) is 6.97. The Hall–Kier alpha value is -3.96. The van der Waals surface area contributed by atoms with Crippen LogP contribution in [0.1, 0.15) is 29.8 Å². The summed E-state index contributed by atoms with van der Waals surface area (Å²) in [6.45, 7) is 6.68. The molecule has 0 atom stereocenters. The van der Waals surface area contributed by atoms with Crippen LogP contribution in [0.2, 0.25) is 0 Å². The number of pyridine rings is 1. The highest BCUT2D eigenvalue weighted by atomic mass is 19.1. The van der Waals surface area contributed by atoms with Crippen LogP contribution in [0.25, 0.3) is 33.4 Å². The number of hydrogen-bond acceptors (Lipinski definition) is 6. The fraction of sp³-hybridized carbons (Fsp3) is 0.321. The molecule has 1 aliphatic heterocycles. The molecule has 2 aromatic carbocycles. The SMILES string of the molecule is CC(C)NCc1cc(F)c(-c2cc3c(-c4c(C(N)=O)ccc(F)c4N4CCN(C)CC4)n[nH]c3cn2)c(F)c1. The molecule has 11 heteroatoms. The summed E-state index contributed by atoms with van der Waals surface area (Å²) in [5.41, 5.74) is 7.17. The number of piperazine rings is 1. The average Bonchev–Trinajstić information content (AvgIpc) is 3.30. The lowest BCUT2D eigenvalue weighted by Crippen LogP contribution is -2.45. The maximum atomic E-state index is 15.4. The Morgan fingerprint density at radius 3 is 2.38 bits per heavy atom. The Bertz CT molecular complexity index is 1520. The van der Waals surface area contributed by atoms with Gasteiger partial charge in [-0.15, -0.1) is 0 Å². The number of aromatic nitrogens is 3. The largest absolute Gasteiger partial charge is 0.366 e. The summed E-state index contributed by atoms with van der Waals surface area (Å²) in [7, 11) is 1.98. The zero-order valence-electron chi connectivity index (χ0n) is 22.0. The molecule has 1 fully saturated rings. The van der Waals surface area contributed by atoms with Gasteiger partial charge in [0.25, 0.3) is 0 Å². The van der Waals surface area contributed by atoms with Gasteiger partial charge in [-0.3, -0.25) is 14.9 Å². The zero-order chi connectivity index (χ0) is 27.8. The van der Waals surface area contributed by atoms with E-state index in [0.29, 0.717) is 49.2 Å². The maximum absolute atomic E-state index is 15.4. The molecule has 39 heavy (non-hydrogen) atoms. The molecule has 0 unspecified atom stereocenters. The van der Waals surface area contributed by atoms with Crippen LogP contribution in [0.15, 0.2) is 36.5 Å². The van der Waals surface area contributed by atoms with Crippen molar-refractivity contribution in [3.05, 3.63) is 65.1 Å². The molecular weight excluding hydrogens is 507 g/mol. The number of benzene rings is 2. The van der Waals surface area contributed by atoms with Crippen molar-refractivity contribution >= 4 is 22.5 Å². The van der Waals surface area contributed by atoms with Crippen molar-refractivity contribution in [2.24, 2.45) is 5.73 Å². The molecule has 204 valence electrons. The molecule has 0 aliphatic carbocycles. The lowest BCUT2D eigenvalue weighted by atomic mass is 9.97. The van der Waals surface area contributed by atoms with Gasteiger partial charge in [-0.2, -0.15) is 5.10 Å². The number of likely N-dealkylation sites (N-methyl/N-ethyl adjacent to an activating group) is 1. The summed E-state index contributed by atoms with van der Waals surface area (Å²) in [5, 5.41) is 10.8. The van der Waals surface area contributed by atoms with Gasteiger partial charge in [0.15, 0.2) is 0 Å². The molecule has 1 amide bonds. The fourth-order valence-electron chi connectivity index (χ4n) is 4.89. The average molecular weight is 538 g/mol. The Morgan fingerprint density at radius 2 is 1.74 bits per heavy atom. The predicted molar refractivity (Wildman–Crippen MR) is 145 cm³/mol. The smallest absolute Gasteiger partial charge is 0.249 e.